The van der Waals surface area contributed by atoms with Crippen molar-refractivity contribution in [3.8, 4) is 0 Å². The number of hydrogen-bond acceptors (Lipinski definition) is 3. The first-order valence-corrected chi connectivity index (χ1v) is 8.43. The number of nitrogens with zero attached hydrogens (tertiary/aromatic N) is 1. The third-order valence-electron chi connectivity index (χ3n) is 3.93. The molecule has 0 bridgehead atoms. The lowest BCUT2D eigenvalue weighted by atomic mass is 9.95. The number of hydrogen-bond donors (Lipinski definition) is 3. The van der Waals surface area contributed by atoms with Gasteiger partial charge in [0.25, 0.3) is 0 Å². The SMILES string of the molecule is Cc1cccnc1CNC(=O)Nc1c(Cl)cc(C(C)(O)C(F)(F)F)cc1Cl. The van der Waals surface area contributed by atoms with Gasteiger partial charge in [-0.2, -0.15) is 13.2 Å². The molecule has 2 amide bonds. The van der Waals surface area contributed by atoms with E-state index < -0.39 is 23.4 Å². The first-order valence-electron chi connectivity index (χ1n) is 7.67. The molecule has 1 aromatic heterocycles. The highest BCUT2D eigenvalue weighted by Gasteiger charge is 2.51. The molecule has 146 valence electrons. The summed E-state index contributed by atoms with van der Waals surface area (Å²) in [5.41, 5.74) is -2.22. The van der Waals surface area contributed by atoms with Gasteiger partial charge in [-0.3, -0.25) is 4.98 Å². The van der Waals surface area contributed by atoms with Crippen molar-refractivity contribution in [3.05, 3.63) is 57.3 Å². The van der Waals surface area contributed by atoms with Crippen LogP contribution in [0.4, 0.5) is 23.7 Å². The summed E-state index contributed by atoms with van der Waals surface area (Å²) in [5, 5.41) is 14.2. The maximum atomic E-state index is 13.0. The fourth-order valence-corrected chi connectivity index (χ4v) is 2.74. The van der Waals surface area contributed by atoms with Gasteiger partial charge in [0.1, 0.15) is 0 Å². The summed E-state index contributed by atoms with van der Waals surface area (Å²) in [4.78, 5) is 16.2. The fourth-order valence-electron chi connectivity index (χ4n) is 2.16. The van der Waals surface area contributed by atoms with Gasteiger partial charge in [-0.05, 0) is 43.2 Å². The number of amides is 2. The minimum atomic E-state index is -4.92. The van der Waals surface area contributed by atoms with E-state index in [0.29, 0.717) is 12.6 Å². The van der Waals surface area contributed by atoms with Crippen LogP contribution in [0.2, 0.25) is 10.0 Å². The Morgan fingerprint density at radius 3 is 2.37 bits per heavy atom. The predicted molar refractivity (Wildman–Crippen MR) is 96.9 cm³/mol. The first kappa shape index (κ1) is 21.3. The van der Waals surface area contributed by atoms with E-state index >= 15 is 0 Å². The number of rotatable bonds is 4. The maximum Gasteiger partial charge on any atom is 0.421 e. The molecule has 2 rings (SSSR count). The number of aromatic nitrogens is 1. The summed E-state index contributed by atoms with van der Waals surface area (Å²) < 4.78 is 38.9. The summed E-state index contributed by atoms with van der Waals surface area (Å²) in [5.74, 6) is 0. The van der Waals surface area contributed by atoms with Gasteiger partial charge in [0, 0.05) is 6.20 Å². The Kier molecular flexibility index (Phi) is 6.24. The molecule has 1 heterocycles. The molecule has 0 aliphatic heterocycles. The number of pyridine rings is 1. The predicted octanol–water partition coefficient (Wildman–Crippen LogP) is 4.79. The fraction of sp³-hybridized carbons (Fsp3) is 0.294. The van der Waals surface area contributed by atoms with Gasteiger partial charge in [0.05, 0.1) is 28.0 Å². The topological polar surface area (TPSA) is 74.2 Å². The number of urea groups is 1. The zero-order valence-electron chi connectivity index (χ0n) is 14.3. The number of alkyl halides is 3. The standard InChI is InChI=1S/C17H16Cl2F3N3O2/c1-9-4-3-5-23-13(9)8-24-15(26)25-14-11(18)6-10(7-12(14)19)16(2,27)17(20,21)22/h3-7,27H,8H2,1-2H3,(H2,24,25,26). The van der Waals surface area contributed by atoms with Crippen molar-refractivity contribution in [1.29, 1.82) is 0 Å². The van der Waals surface area contributed by atoms with Crippen molar-refractivity contribution in [1.82, 2.24) is 10.3 Å². The second-order valence-electron chi connectivity index (χ2n) is 5.96. The van der Waals surface area contributed by atoms with Crippen LogP contribution in [0.5, 0.6) is 0 Å². The van der Waals surface area contributed by atoms with Crippen LogP contribution in [0.1, 0.15) is 23.7 Å². The van der Waals surface area contributed by atoms with Crippen LogP contribution in [0.15, 0.2) is 30.5 Å². The molecular weight excluding hydrogens is 406 g/mol. The highest BCUT2D eigenvalue weighted by Crippen LogP contribution is 2.42. The molecule has 0 aliphatic rings. The number of benzene rings is 1. The van der Waals surface area contributed by atoms with E-state index in [1.54, 1.807) is 12.3 Å². The molecule has 0 aliphatic carbocycles. The van der Waals surface area contributed by atoms with Crippen LogP contribution in [-0.2, 0) is 12.1 Å². The molecule has 5 nitrogen and oxygen atoms in total. The molecule has 0 saturated heterocycles. The molecule has 1 unspecified atom stereocenters. The lowest BCUT2D eigenvalue weighted by molar-refractivity contribution is -0.258. The molecule has 0 radical (unpaired) electrons. The second kappa shape index (κ2) is 7.92. The van der Waals surface area contributed by atoms with Crippen molar-refractivity contribution in [2.45, 2.75) is 32.2 Å². The summed E-state index contributed by atoms with van der Waals surface area (Å²) in [7, 11) is 0. The number of carbonyl (C=O) groups is 1. The van der Waals surface area contributed by atoms with Crippen molar-refractivity contribution in [2.75, 3.05) is 5.32 Å². The monoisotopic (exact) mass is 421 g/mol. The number of anilines is 1. The van der Waals surface area contributed by atoms with Gasteiger partial charge in [-0.25, -0.2) is 4.79 Å². The van der Waals surface area contributed by atoms with E-state index in [2.05, 4.69) is 15.6 Å². The molecule has 27 heavy (non-hydrogen) atoms. The molecule has 0 spiro atoms. The number of nitrogens with one attached hydrogen (secondary N) is 2. The van der Waals surface area contributed by atoms with E-state index in [-0.39, 0.29) is 22.3 Å². The first-order chi connectivity index (χ1) is 12.4. The Balaban J connectivity index is 2.15. The largest absolute Gasteiger partial charge is 0.421 e. The van der Waals surface area contributed by atoms with Crippen LogP contribution < -0.4 is 10.6 Å². The molecule has 0 fully saturated rings. The molecule has 3 N–H and O–H groups in total. The summed E-state index contributed by atoms with van der Waals surface area (Å²) >= 11 is 11.9. The van der Waals surface area contributed by atoms with Gasteiger partial charge in [-0.15, -0.1) is 0 Å². The Hall–Kier alpha value is -2.03. The number of halogens is 5. The van der Waals surface area contributed by atoms with Crippen LogP contribution >= 0.6 is 23.2 Å². The molecule has 1 atom stereocenters. The van der Waals surface area contributed by atoms with Crippen molar-refractivity contribution < 1.29 is 23.1 Å². The van der Waals surface area contributed by atoms with Crippen LogP contribution in [0.25, 0.3) is 0 Å². The lowest BCUT2D eigenvalue weighted by Gasteiger charge is -2.27. The highest BCUT2D eigenvalue weighted by atomic mass is 35.5. The van der Waals surface area contributed by atoms with Crippen LogP contribution in [0.3, 0.4) is 0 Å². The number of aryl methyl sites for hydroxylation is 1. The van der Waals surface area contributed by atoms with Gasteiger partial charge in [0.15, 0.2) is 5.60 Å². The van der Waals surface area contributed by atoms with E-state index in [1.165, 1.54) is 0 Å². The third-order valence-corrected chi connectivity index (χ3v) is 4.53. The third kappa shape index (κ3) is 4.82. The van der Waals surface area contributed by atoms with Crippen molar-refractivity contribution in [2.24, 2.45) is 0 Å². The van der Waals surface area contributed by atoms with E-state index in [4.69, 9.17) is 23.2 Å². The Labute approximate surface area is 163 Å². The van der Waals surface area contributed by atoms with E-state index in [0.717, 1.165) is 17.7 Å². The molecule has 1 aromatic carbocycles. The zero-order chi connectivity index (χ0) is 20.4. The highest BCUT2D eigenvalue weighted by molar-refractivity contribution is 6.39. The molecule has 0 saturated carbocycles. The van der Waals surface area contributed by atoms with E-state index in [9.17, 15) is 23.1 Å². The smallest absolute Gasteiger partial charge is 0.376 e. The Morgan fingerprint density at radius 2 is 1.85 bits per heavy atom. The zero-order valence-corrected chi connectivity index (χ0v) is 15.8. The minimum Gasteiger partial charge on any atom is -0.376 e. The van der Waals surface area contributed by atoms with Gasteiger partial charge >= 0.3 is 12.2 Å². The van der Waals surface area contributed by atoms with Crippen LogP contribution in [-0.4, -0.2) is 22.3 Å². The van der Waals surface area contributed by atoms with Gasteiger partial charge < -0.3 is 15.7 Å². The quantitative estimate of drug-likeness (QED) is 0.664. The van der Waals surface area contributed by atoms with Crippen LogP contribution in [0, 0.1) is 6.92 Å². The van der Waals surface area contributed by atoms with E-state index in [1.807, 2.05) is 13.0 Å². The Bertz CT molecular complexity index is 835. The minimum absolute atomic E-state index is 0.0738. The van der Waals surface area contributed by atoms with Gasteiger partial charge in [-0.1, -0.05) is 29.3 Å². The van der Waals surface area contributed by atoms with Crippen molar-refractivity contribution in [3.63, 3.8) is 0 Å². The number of aliphatic hydroxyl groups is 1. The average Bonchev–Trinajstić information content (AvgIpc) is 2.56. The molecule has 2 aromatic rings. The molecular formula is C17H16Cl2F3N3O2. The second-order valence-corrected chi connectivity index (χ2v) is 6.77. The Morgan fingerprint density at radius 1 is 1.26 bits per heavy atom. The maximum absolute atomic E-state index is 13.0. The summed E-state index contributed by atoms with van der Waals surface area (Å²) in [6, 6.07) is 4.73. The average molecular weight is 422 g/mol. The number of carbonyl (C=O) groups excluding carboxylic acids is 1. The lowest BCUT2D eigenvalue weighted by Crippen LogP contribution is -2.39. The van der Waals surface area contributed by atoms with Gasteiger partial charge in [0.2, 0.25) is 0 Å². The normalized spacial score (nSPS) is 13.8. The summed E-state index contributed by atoms with van der Waals surface area (Å²) in [6.45, 7) is 2.56. The van der Waals surface area contributed by atoms with Crippen molar-refractivity contribution >= 4 is 34.9 Å². The molecule has 10 heteroatoms. The summed E-state index contributed by atoms with van der Waals surface area (Å²) in [6.07, 6.45) is -3.34.